The Bertz CT molecular complexity index is 1860. The van der Waals surface area contributed by atoms with Gasteiger partial charge in [-0.05, 0) is 54.3 Å². The van der Waals surface area contributed by atoms with Crippen molar-refractivity contribution in [2.45, 2.75) is 30.3 Å². The Morgan fingerprint density at radius 1 is 0.909 bits per heavy atom. The molecule has 11 heteroatoms. The van der Waals surface area contributed by atoms with Crippen LogP contribution in [0.15, 0.2) is 94.6 Å². The molecule has 2 atom stereocenters. The number of nitrogens with one attached hydrogen (secondary N) is 2. The number of pyridine rings is 1. The largest absolute Gasteiger partial charge is 0.497 e. The van der Waals surface area contributed by atoms with Gasteiger partial charge < -0.3 is 24.3 Å². The van der Waals surface area contributed by atoms with Gasteiger partial charge >= 0.3 is 0 Å². The standard InChI is InChI=1S/C33H34N4O6S/c1-42-26-12-14-30(43-2)31(17-26)44(40,41)35-27-16-24(33(39)34-18-22-7-4-3-5-8-22)11-13-29(27)36-19-23-15-25(21-36)28-9-6-10-32(38)37(28)20-23/h3-14,16-17,23,25,35H,15,18-21H2,1-2H3,(H,34,39)/t23-,25+/m1/s1. The number of hydrogen-bond donors (Lipinski definition) is 2. The van der Waals surface area contributed by atoms with Crippen LogP contribution in [0.3, 0.4) is 0 Å². The number of anilines is 2. The average Bonchev–Trinajstić information content (AvgIpc) is 3.04. The third-order valence-corrected chi connectivity index (χ3v) is 9.67. The van der Waals surface area contributed by atoms with Gasteiger partial charge in [0.15, 0.2) is 0 Å². The summed E-state index contributed by atoms with van der Waals surface area (Å²) in [6.45, 7) is 2.16. The molecular formula is C33H34N4O6S. The minimum atomic E-state index is -4.18. The van der Waals surface area contributed by atoms with Gasteiger partial charge in [0.05, 0.1) is 25.6 Å². The van der Waals surface area contributed by atoms with Gasteiger partial charge in [-0.1, -0.05) is 36.4 Å². The summed E-state index contributed by atoms with van der Waals surface area (Å²) in [6, 6.07) is 24.5. The first-order valence-corrected chi connectivity index (χ1v) is 15.9. The zero-order chi connectivity index (χ0) is 30.8. The van der Waals surface area contributed by atoms with Gasteiger partial charge in [-0.2, -0.15) is 0 Å². The zero-order valence-electron chi connectivity index (χ0n) is 24.5. The molecule has 2 aliphatic heterocycles. The molecule has 0 radical (unpaired) electrons. The summed E-state index contributed by atoms with van der Waals surface area (Å²) in [5.41, 5.74) is 3.16. The number of fused-ring (bicyclic) bond motifs is 4. The SMILES string of the molecule is COc1ccc(OC)c(S(=O)(=O)Nc2cc(C(=O)NCc3ccccc3)ccc2N2C[C@H]3C[C@@H](C2)c2cccc(=O)n2C3)c1. The lowest BCUT2D eigenvalue weighted by Crippen LogP contribution is -2.47. The van der Waals surface area contributed by atoms with Crippen molar-refractivity contribution in [2.24, 2.45) is 5.92 Å². The van der Waals surface area contributed by atoms with Gasteiger partial charge in [-0.3, -0.25) is 14.3 Å². The van der Waals surface area contributed by atoms with Crippen molar-refractivity contribution in [1.29, 1.82) is 0 Å². The number of sulfonamides is 1. The molecule has 0 aliphatic carbocycles. The maximum absolute atomic E-state index is 13.9. The van der Waals surface area contributed by atoms with Crippen LogP contribution in [0.4, 0.5) is 11.4 Å². The summed E-state index contributed by atoms with van der Waals surface area (Å²) < 4.78 is 43.0. The number of benzene rings is 3. The van der Waals surface area contributed by atoms with Crippen molar-refractivity contribution in [1.82, 2.24) is 9.88 Å². The predicted octanol–water partition coefficient (Wildman–Crippen LogP) is 4.22. The van der Waals surface area contributed by atoms with Crippen LogP contribution in [0, 0.1) is 5.92 Å². The first kappa shape index (κ1) is 29.3. The molecule has 2 aliphatic rings. The van der Waals surface area contributed by atoms with Crippen molar-refractivity contribution in [3.05, 3.63) is 112 Å². The molecule has 1 saturated heterocycles. The van der Waals surface area contributed by atoms with E-state index in [9.17, 15) is 18.0 Å². The van der Waals surface area contributed by atoms with Crippen LogP contribution in [-0.4, -0.2) is 46.2 Å². The summed E-state index contributed by atoms with van der Waals surface area (Å²) in [5.74, 6) is 0.499. The summed E-state index contributed by atoms with van der Waals surface area (Å²) in [6.07, 6.45) is 0.946. The molecule has 2 N–H and O–H groups in total. The molecule has 44 heavy (non-hydrogen) atoms. The van der Waals surface area contributed by atoms with Crippen LogP contribution in [-0.2, 0) is 23.1 Å². The molecule has 1 amide bonds. The molecule has 3 aromatic carbocycles. The Kier molecular flexibility index (Phi) is 8.05. The number of carbonyl (C=O) groups excluding carboxylic acids is 1. The van der Waals surface area contributed by atoms with Gasteiger partial charge in [-0.25, -0.2) is 8.42 Å². The Labute approximate surface area is 256 Å². The zero-order valence-corrected chi connectivity index (χ0v) is 25.3. The number of aromatic nitrogens is 1. The average molecular weight is 615 g/mol. The number of hydrogen-bond acceptors (Lipinski definition) is 7. The van der Waals surface area contributed by atoms with Crippen molar-refractivity contribution in [3.8, 4) is 11.5 Å². The Morgan fingerprint density at radius 3 is 2.50 bits per heavy atom. The smallest absolute Gasteiger partial charge is 0.265 e. The van der Waals surface area contributed by atoms with Crippen molar-refractivity contribution >= 4 is 27.3 Å². The molecule has 0 spiro atoms. The second-order valence-electron chi connectivity index (χ2n) is 11.1. The summed E-state index contributed by atoms with van der Waals surface area (Å²) >= 11 is 0. The number of rotatable bonds is 9. The quantitative estimate of drug-likeness (QED) is 0.290. The number of ether oxygens (including phenoxy) is 2. The monoisotopic (exact) mass is 614 g/mol. The topological polar surface area (TPSA) is 119 Å². The summed E-state index contributed by atoms with van der Waals surface area (Å²) in [5, 5.41) is 2.92. The molecule has 228 valence electrons. The number of piperidine rings is 1. The molecular weight excluding hydrogens is 580 g/mol. The van der Waals surface area contributed by atoms with Crippen LogP contribution in [0.2, 0.25) is 0 Å². The fourth-order valence-corrected chi connectivity index (χ4v) is 7.45. The fraction of sp³-hybridized carbons (Fsp3) is 0.273. The first-order valence-electron chi connectivity index (χ1n) is 14.4. The van der Waals surface area contributed by atoms with Gasteiger partial charge in [0.1, 0.15) is 16.4 Å². The second-order valence-corrected chi connectivity index (χ2v) is 12.8. The normalized spacial score (nSPS) is 17.4. The second kappa shape index (κ2) is 12.1. The van der Waals surface area contributed by atoms with Crippen LogP contribution in [0.1, 0.15) is 34.0 Å². The minimum absolute atomic E-state index is 0.00259. The molecule has 4 aromatic rings. The number of carbonyl (C=O) groups is 1. The van der Waals surface area contributed by atoms with E-state index in [1.165, 1.54) is 26.4 Å². The van der Waals surface area contributed by atoms with E-state index in [2.05, 4.69) is 14.9 Å². The predicted molar refractivity (Wildman–Crippen MR) is 168 cm³/mol. The van der Waals surface area contributed by atoms with Crippen LogP contribution < -0.4 is 30.0 Å². The lowest BCUT2D eigenvalue weighted by molar-refractivity contribution is 0.0951. The van der Waals surface area contributed by atoms with Gasteiger partial charge in [0, 0.05) is 55.5 Å². The van der Waals surface area contributed by atoms with Crippen LogP contribution >= 0.6 is 0 Å². The van der Waals surface area contributed by atoms with E-state index in [1.807, 2.05) is 41.0 Å². The maximum Gasteiger partial charge on any atom is 0.265 e. The van der Waals surface area contributed by atoms with Gasteiger partial charge in [-0.15, -0.1) is 0 Å². The molecule has 6 rings (SSSR count). The Hall–Kier alpha value is -4.77. The van der Waals surface area contributed by atoms with E-state index in [1.54, 1.807) is 36.4 Å². The third-order valence-electron chi connectivity index (χ3n) is 8.28. The number of nitrogens with zero attached hydrogens (tertiary/aromatic N) is 2. The van der Waals surface area contributed by atoms with E-state index >= 15 is 0 Å². The number of amides is 1. The number of methoxy groups -OCH3 is 2. The Morgan fingerprint density at radius 2 is 1.73 bits per heavy atom. The van der Waals surface area contributed by atoms with Crippen molar-refractivity contribution in [2.75, 3.05) is 36.9 Å². The molecule has 3 heterocycles. The lowest BCUT2D eigenvalue weighted by Gasteiger charge is -2.44. The highest BCUT2D eigenvalue weighted by Crippen LogP contribution is 2.40. The Balaban J connectivity index is 1.36. The molecule has 1 aromatic heterocycles. The lowest BCUT2D eigenvalue weighted by atomic mass is 9.83. The molecule has 1 fully saturated rings. The van der Waals surface area contributed by atoms with E-state index in [0.717, 1.165) is 17.7 Å². The van der Waals surface area contributed by atoms with Gasteiger partial charge in [0.25, 0.3) is 21.5 Å². The fourth-order valence-electron chi connectivity index (χ4n) is 6.20. The molecule has 0 saturated carbocycles. The highest BCUT2D eigenvalue weighted by Gasteiger charge is 2.36. The van der Waals surface area contributed by atoms with Gasteiger partial charge in [0.2, 0.25) is 0 Å². The van der Waals surface area contributed by atoms with Crippen molar-refractivity contribution < 1.29 is 22.7 Å². The molecule has 10 nitrogen and oxygen atoms in total. The molecule has 0 unspecified atom stereocenters. The van der Waals surface area contributed by atoms with Crippen LogP contribution in [0.5, 0.6) is 11.5 Å². The summed E-state index contributed by atoms with van der Waals surface area (Å²) in [4.78, 5) is 27.8. The first-order chi connectivity index (χ1) is 21.3. The van der Waals surface area contributed by atoms with E-state index in [4.69, 9.17) is 9.47 Å². The van der Waals surface area contributed by atoms with E-state index < -0.39 is 10.0 Å². The minimum Gasteiger partial charge on any atom is -0.497 e. The maximum atomic E-state index is 13.9. The van der Waals surface area contributed by atoms with E-state index in [-0.39, 0.29) is 39.6 Å². The van der Waals surface area contributed by atoms with Crippen LogP contribution in [0.25, 0.3) is 0 Å². The summed E-state index contributed by atoms with van der Waals surface area (Å²) in [7, 11) is -1.32. The van der Waals surface area contributed by atoms with Crippen molar-refractivity contribution in [3.63, 3.8) is 0 Å². The van der Waals surface area contributed by atoms with E-state index in [0.29, 0.717) is 43.2 Å². The third kappa shape index (κ3) is 5.87. The molecule has 2 bridgehead atoms. The highest BCUT2D eigenvalue weighted by atomic mass is 32.2. The highest BCUT2D eigenvalue weighted by molar-refractivity contribution is 7.92.